The molecule has 0 atom stereocenters. The Labute approximate surface area is 86.8 Å². The van der Waals surface area contributed by atoms with Gasteiger partial charge < -0.3 is 5.32 Å². The third-order valence-corrected chi connectivity index (χ3v) is 1.76. The molecule has 0 unspecified atom stereocenters. The lowest BCUT2D eigenvalue weighted by atomic mass is 10.2. The molecule has 4 heteroatoms. The van der Waals surface area contributed by atoms with Crippen LogP contribution in [0.3, 0.4) is 0 Å². The molecule has 13 heavy (non-hydrogen) atoms. The van der Waals surface area contributed by atoms with Gasteiger partial charge in [0.05, 0.1) is 0 Å². The van der Waals surface area contributed by atoms with Gasteiger partial charge in [0.2, 0.25) is 0 Å². The first kappa shape index (κ1) is 10.4. The SMILES string of the molecule is O=C(NCC(Cl)Cl)c1ccccc1. The van der Waals surface area contributed by atoms with E-state index in [0.29, 0.717) is 5.56 Å². The molecule has 70 valence electrons. The highest BCUT2D eigenvalue weighted by molar-refractivity contribution is 6.44. The van der Waals surface area contributed by atoms with Crippen LogP contribution in [0.1, 0.15) is 10.4 Å². The minimum atomic E-state index is -0.562. The Hall–Kier alpha value is -0.730. The van der Waals surface area contributed by atoms with Crippen LogP contribution in [0, 0.1) is 0 Å². The van der Waals surface area contributed by atoms with Gasteiger partial charge in [-0.1, -0.05) is 18.2 Å². The van der Waals surface area contributed by atoms with E-state index < -0.39 is 4.84 Å². The summed E-state index contributed by atoms with van der Waals surface area (Å²) in [6.07, 6.45) is 0. The minimum absolute atomic E-state index is 0.160. The van der Waals surface area contributed by atoms with Gasteiger partial charge in [-0.25, -0.2) is 0 Å². The van der Waals surface area contributed by atoms with Crippen LogP contribution in [0.2, 0.25) is 0 Å². The molecule has 1 amide bonds. The van der Waals surface area contributed by atoms with Crippen molar-refractivity contribution in [3.63, 3.8) is 0 Å². The zero-order chi connectivity index (χ0) is 9.68. The van der Waals surface area contributed by atoms with Gasteiger partial charge in [0.15, 0.2) is 0 Å². The zero-order valence-corrected chi connectivity index (χ0v) is 8.35. The Morgan fingerprint density at radius 1 is 1.31 bits per heavy atom. The highest BCUT2D eigenvalue weighted by atomic mass is 35.5. The molecule has 1 rings (SSSR count). The van der Waals surface area contributed by atoms with Crippen molar-refractivity contribution in [1.29, 1.82) is 0 Å². The topological polar surface area (TPSA) is 29.1 Å². The number of benzene rings is 1. The Morgan fingerprint density at radius 2 is 1.92 bits per heavy atom. The van der Waals surface area contributed by atoms with E-state index in [1.807, 2.05) is 6.07 Å². The molecule has 2 nitrogen and oxygen atoms in total. The van der Waals surface area contributed by atoms with Gasteiger partial charge in [-0.3, -0.25) is 4.79 Å². The van der Waals surface area contributed by atoms with Crippen molar-refractivity contribution in [2.24, 2.45) is 0 Å². The van der Waals surface area contributed by atoms with E-state index in [-0.39, 0.29) is 12.5 Å². The molecule has 1 aromatic rings. The van der Waals surface area contributed by atoms with Gasteiger partial charge in [0.1, 0.15) is 4.84 Å². The largest absolute Gasteiger partial charge is 0.349 e. The number of hydrogen-bond acceptors (Lipinski definition) is 1. The van der Waals surface area contributed by atoms with Crippen LogP contribution in [-0.2, 0) is 0 Å². The van der Waals surface area contributed by atoms with E-state index in [2.05, 4.69) is 5.32 Å². The van der Waals surface area contributed by atoms with Crippen LogP contribution in [0.25, 0.3) is 0 Å². The summed E-state index contributed by atoms with van der Waals surface area (Å²) >= 11 is 10.9. The highest BCUT2D eigenvalue weighted by Crippen LogP contribution is 2.01. The van der Waals surface area contributed by atoms with E-state index in [1.54, 1.807) is 24.3 Å². The van der Waals surface area contributed by atoms with Crippen LogP contribution < -0.4 is 5.32 Å². The van der Waals surface area contributed by atoms with Crippen molar-refractivity contribution >= 4 is 29.1 Å². The summed E-state index contributed by atoms with van der Waals surface area (Å²) in [5.74, 6) is -0.160. The maximum atomic E-state index is 11.3. The number of alkyl halides is 2. The van der Waals surface area contributed by atoms with Crippen molar-refractivity contribution in [2.45, 2.75) is 4.84 Å². The molecule has 0 heterocycles. The summed E-state index contributed by atoms with van der Waals surface area (Å²) in [4.78, 5) is 10.8. The van der Waals surface area contributed by atoms with E-state index >= 15 is 0 Å². The van der Waals surface area contributed by atoms with E-state index in [4.69, 9.17) is 23.2 Å². The van der Waals surface area contributed by atoms with Gasteiger partial charge >= 0.3 is 0 Å². The van der Waals surface area contributed by atoms with Gasteiger partial charge in [0, 0.05) is 12.1 Å². The van der Waals surface area contributed by atoms with Gasteiger partial charge in [-0.2, -0.15) is 0 Å². The van der Waals surface area contributed by atoms with Crippen LogP contribution in [0.15, 0.2) is 30.3 Å². The maximum absolute atomic E-state index is 11.3. The number of hydrogen-bond donors (Lipinski definition) is 1. The number of nitrogens with one attached hydrogen (secondary N) is 1. The molecule has 0 aliphatic rings. The molecule has 0 spiro atoms. The number of carbonyl (C=O) groups excluding carboxylic acids is 1. The highest BCUT2D eigenvalue weighted by Gasteiger charge is 2.05. The fraction of sp³-hybridized carbons (Fsp3) is 0.222. The van der Waals surface area contributed by atoms with E-state index in [9.17, 15) is 4.79 Å². The molecule has 1 aromatic carbocycles. The smallest absolute Gasteiger partial charge is 0.251 e. The summed E-state index contributed by atoms with van der Waals surface area (Å²) in [5.41, 5.74) is 0.608. The van der Waals surface area contributed by atoms with Gasteiger partial charge in [-0.05, 0) is 12.1 Å². The molecule has 0 saturated heterocycles. The monoisotopic (exact) mass is 217 g/mol. The maximum Gasteiger partial charge on any atom is 0.251 e. The van der Waals surface area contributed by atoms with Crippen molar-refractivity contribution < 1.29 is 4.79 Å². The second-order valence-corrected chi connectivity index (χ2v) is 3.74. The predicted octanol–water partition coefficient (Wildman–Crippen LogP) is 2.22. The first-order chi connectivity index (χ1) is 6.20. The van der Waals surface area contributed by atoms with Crippen molar-refractivity contribution in [3.05, 3.63) is 35.9 Å². The molecule has 0 aliphatic heterocycles. The van der Waals surface area contributed by atoms with Crippen molar-refractivity contribution in [1.82, 2.24) is 5.32 Å². The van der Waals surface area contributed by atoms with Crippen LogP contribution in [0.5, 0.6) is 0 Å². The molecule has 0 radical (unpaired) electrons. The van der Waals surface area contributed by atoms with E-state index in [1.165, 1.54) is 0 Å². The molecule has 0 aliphatic carbocycles. The second kappa shape index (κ2) is 5.10. The third-order valence-electron chi connectivity index (χ3n) is 1.45. The Kier molecular flexibility index (Phi) is 4.06. The first-order valence-electron chi connectivity index (χ1n) is 3.81. The molecular formula is C9H9Cl2NO. The lowest BCUT2D eigenvalue weighted by Gasteiger charge is -2.04. The summed E-state index contributed by atoms with van der Waals surface area (Å²) in [7, 11) is 0. The zero-order valence-electron chi connectivity index (χ0n) is 6.84. The molecule has 0 fully saturated rings. The van der Waals surface area contributed by atoms with E-state index in [0.717, 1.165) is 0 Å². The Bertz CT molecular complexity index is 274. The molecule has 0 aromatic heterocycles. The lowest BCUT2D eigenvalue weighted by Crippen LogP contribution is -2.27. The standard InChI is InChI=1S/C9H9Cl2NO/c10-8(11)6-12-9(13)7-4-2-1-3-5-7/h1-5,8H,6H2,(H,12,13). The summed E-state index contributed by atoms with van der Waals surface area (Å²) in [6.45, 7) is 0.261. The number of rotatable bonds is 3. The predicted molar refractivity (Wildman–Crippen MR) is 54.3 cm³/mol. The molecule has 1 N–H and O–H groups in total. The summed E-state index contributed by atoms with van der Waals surface area (Å²) < 4.78 is 0. The third kappa shape index (κ3) is 3.66. The summed E-state index contributed by atoms with van der Waals surface area (Å²) in [5, 5.41) is 2.60. The van der Waals surface area contributed by atoms with Crippen molar-refractivity contribution in [2.75, 3.05) is 6.54 Å². The van der Waals surface area contributed by atoms with Crippen LogP contribution in [-0.4, -0.2) is 17.3 Å². The van der Waals surface area contributed by atoms with Crippen LogP contribution >= 0.6 is 23.2 Å². The average molecular weight is 218 g/mol. The Balaban J connectivity index is 2.50. The first-order valence-corrected chi connectivity index (χ1v) is 4.69. The molecular weight excluding hydrogens is 209 g/mol. The lowest BCUT2D eigenvalue weighted by molar-refractivity contribution is 0.0955. The van der Waals surface area contributed by atoms with Gasteiger partial charge in [-0.15, -0.1) is 23.2 Å². The number of amides is 1. The second-order valence-electron chi connectivity index (χ2n) is 2.47. The Morgan fingerprint density at radius 3 is 2.46 bits per heavy atom. The minimum Gasteiger partial charge on any atom is -0.349 e. The quantitative estimate of drug-likeness (QED) is 0.774. The summed E-state index contributed by atoms with van der Waals surface area (Å²) in [6, 6.07) is 8.91. The molecule has 0 saturated carbocycles. The number of halogens is 2. The fourth-order valence-electron chi connectivity index (χ4n) is 0.861. The average Bonchev–Trinajstić information content (AvgIpc) is 2.15. The van der Waals surface area contributed by atoms with Gasteiger partial charge in [0.25, 0.3) is 5.91 Å². The van der Waals surface area contributed by atoms with Crippen molar-refractivity contribution in [3.8, 4) is 0 Å². The number of carbonyl (C=O) groups is 1. The molecule has 0 bridgehead atoms. The normalized spacial score (nSPS) is 10.1. The fourth-order valence-corrected chi connectivity index (χ4v) is 1.02. The van der Waals surface area contributed by atoms with Crippen LogP contribution in [0.4, 0.5) is 0 Å².